The monoisotopic (exact) mass is 188 g/mol. The first-order valence-corrected chi connectivity index (χ1v) is 4.28. The summed E-state index contributed by atoms with van der Waals surface area (Å²) >= 11 is 0. The number of rotatable bonds is 2. The van der Waals surface area contributed by atoms with Crippen LogP contribution in [0.1, 0.15) is 18.4 Å². The van der Waals surface area contributed by atoms with Crippen LogP contribution < -0.4 is 0 Å². The fourth-order valence-corrected chi connectivity index (χ4v) is 1.23. The van der Waals surface area contributed by atoms with E-state index in [0.29, 0.717) is 11.5 Å². The van der Waals surface area contributed by atoms with Crippen molar-refractivity contribution in [3.63, 3.8) is 0 Å². The van der Waals surface area contributed by atoms with E-state index in [-0.39, 0.29) is 6.42 Å². The van der Waals surface area contributed by atoms with Crippen molar-refractivity contribution in [2.75, 3.05) is 0 Å². The van der Waals surface area contributed by atoms with Crippen LogP contribution in [0.5, 0.6) is 0 Å². The van der Waals surface area contributed by atoms with E-state index in [2.05, 4.69) is 20.3 Å². The molecule has 0 saturated heterocycles. The van der Waals surface area contributed by atoms with E-state index >= 15 is 0 Å². The van der Waals surface area contributed by atoms with E-state index < -0.39 is 0 Å². The zero-order valence-electron chi connectivity index (χ0n) is 7.67. The lowest BCUT2D eigenvalue weighted by Gasteiger charge is -2.00. The number of nitriles is 1. The second-order valence-corrected chi connectivity index (χ2v) is 2.76. The smallest absolute Gasteiger partial charge is 0.199 e. The number of hydrogen-bond donors (Lipinski definition) is 0. The summed E-state index contributed by atoms with van der Waals surface area (Å²) in [6, 6.07) is 2.01. The van der Waals surface area contributed by atoms with Crippen molar-refractivity contribution >= 4 is 5.65 Å². The van der Waals surface area contributed by atoms with Gasteiger partial charge in [-0.25, -0.2) is 4.98 Å². The maximum Gasteiger partial charge on any atom is 0.199 e. The number of hydrogen-bond acceptors (Lipinski definition) is 5. The lowest BCUT2D eigenvalue weighted by atomic mass is 10.3. The molecule has 0 amide bonds. The highest BCUT2D eigenvalue weighted by Crippen LogP contribution is 2.04. The lowest BCUT2D eigenvalue weighted by molar-refractivity contribution is 0.799. The Morgan fingerprint density at radius 3 is 3.14 bits per heavy atom. The predicted molar refractivity (Wildman–Crippen MR) is 47.3 cm³/mol. The van der Waals surface area contributed by atoms with E-state index in [1.807, 2.05) is 13.0 Å². The van der Waals surface area contributed by atoms with Gasteiger partial charge in [0.05, 0.1) is 18.2 Å². The third kappa shape index (κ3) is 1.29. The molecule has 2 aromatic heterocycles. The first-order chi connectivity index (χ1) is 6.85. The van der Waals surface area contributed by atoms with Crippen LogP contribution in [-0.4, -0.2) is 24.8 Å². The van der Waals surface area contributed by atoms with E-state index in [1.165, 1.54) is 6.33 Å². The largest absolute Gasteiger partial charge is 0.231 e. The number of aryl methyl sites for hydroxylation is 1. The summed E-state index contributed by atoms with van der Waals surface area (Å²) in [6.45, 7) is 1.98. The molecule has 0 atom stereocenters. The minimum atomic E-state index is 0.209. The minimum absolute atomic E-state index is 0.209. The van der Waals surface area contributed by atoms with Crippen molar-refractivity contribution in [3.8, 4) is 6.07 Å². The molecule has 70 valence electrons. The Morgan fingerprint density at radius 1 is 1.57 bits per heavy atom. The summed E-state index contributed by atoms with van der Waals surface area (Å²) in [5.74, 6) is 0.511. The topological polar surface area (TPSA) is 79.8 Å². The van der Waals surface area contributed by atoms with Gasteiger partial charge in [-0.1, -0.05) is 6.92 Å². The fraction of sp³-hybridized carbons (Fsp3) is 0.375. The van der Waals surface area contributed by atoms with Crippen molar-refractivity contribution in [1.82, 2.24) is 24.8 Å². The third-order valence-electron chi connectivity index (χ3n) is 1.85. The summed E-state index contributed by atoms with van der Waals surface area (Å²) < 4.78 is 1.55. The van der Waals surface area contributed by atoms with Gasteiger partial charge in [-0.3, -0.25) is 0 Å². The maximum absolute atomic E-state index is 8.54. The second kappa shape index (κ2) is 3.38. The summed E-state index contributed by atoms with van der Waals surface area (Å²) in [4.78, 5) is 4.22. The zero-order chi connectivity index (χ0) is 9.97. The van der Waals surface area contributed by atoms with Crippen LogP contribution in [0.3, 0.4) is 0 Å². The van der Waals surface area contributed by atoms with Gasteiger partial charge in [-0.05, 0) is 6.42 Å². The Kier molecular flexibility index (Phi) is 2.07. The first-order valence-electron chi connectivity index (χ1n) is 4.28. The molecule has 2 heterocycles. The van der Waals surface area contributed by atoms with Crippen LogP contribution in [0.25, 0.3) is 5.65 Å². The molecular weight excluding hydrogens is 180 g/mol. The van der Waals surface area contributed by atoms with Gasteiger partial charge in [0.2, 0.25) is 0 Å². The zero-order valence-corrected chi connectivity index (χ0v) is 7.67. The number of fused-ring (bicyclic) bond motifs is 1. The van der Waals surface area contributed by atoms with Gasteiger partial charge in [-0.2, -0.15) is 9.78 Å². The normalized spacial score (nSPS) is 10.3. The first kappa shape index (κ1) is 8.56. The predicted octanol–water partition coefficient (Wildman–Crippen LogP) is 0.148. The van der Waals surface area contributed by atoms with Crippen molar-refractivity contribution in [2.45, 2.75) is 19.8 Å². The van der Waals surface area contributed by atoms with Gasteiger partial charge < -0.3 is 0 Å². The quantitative estimate of drug-likeness (QED) is 0.670. The van der Waals surface area contributed by atoms with Crippen LogP contribution in [-0.2, 0) is 12.8 Å². The van der Waals surface area contributed by atoms with E-state index in [4.69, 9.17) is 5.26 Å². The third-order valence-corrected chi connectivity index (χ3v) is 1.85. The van der Waals surface area contributed by atoms with Gasteiger partial charge in [0.15, 0.2) is 11.5 Å². The van der Waals surface area contributed by atoms with E-state index in [0.717, 1.165) is 12.1 Å². The van der Waals surface area contributed by atoms with E-state index in [9.17, 15) is 0 Å². The van der Waals surface area contributed by atoms with E-state index in [1.54, 1.807) is 4.52 Å². The molecule has 0 spiro atoms. The van der Waals surface area contributed by atoms with Gasteiger partial charge in [-0.15, -0.1) is 15.3 Å². The summed E-state index contributed by atoms with van der Waals surface area (Å²) in [5.41, 5.74) is 1.48. The van der Waals surface area contributed by atoms with Crippen LogP contribution in [0, 0.1) is 11.3 Å². The molecule has 14 heavy (non-hydrogen) atoms. The summed E-state index contributed by atoms with van der Waals surface area (Å²) in [7, 11) is 0. The van der Waals surface area contributed by atoms with Crippen molar-refractivity contribution < 1.29 is 0 Å². The Balaban J connectivity index is 2.62. The summed E-state index contributed by atoms with van der Waals surface area (Å²) in [5, 5.41) is 20.3. The Bertz CT molecular complexity index is 494. The molecule has 0 aliphatic rings. The molecule has 2 aromatic rings. The highest BCUT2D eigenvalue weighted by molar-refractivity contribution is 5.40. The second-order valence-electron chi connectivity index (χ2n) is 2.76. The fourth-order valence-electron chi connectivity index (χ4n) is 1.23. The summed E-state index contributed by atoms with van der Waals surface area (Å²) in [6.07, 6.45) is 2.47. The van der Waals surface area contributed by atoms with Gasteiger partial charge >= 0.3 is 0 Å². The Morgan fingerprint density at radius 2 is 2.43 bits per heavy atom. The van der Waals surface area contributed by atoms with Gasteiger partial charge in [0.25, 0.3) is 0 Å². The molecule has 0 bridgehead atoms. The Hall–Kier alpha value is -2.03. The SMILES string of the molecule is CCc1nc(CC#N)nn2cnnc12. The maximum atomic E-state index is 8.54. The minimum Gasteiger partial charge on any atom is -0.231 e. The molecule has 0 fully saturated rings. The number of nitrogens with zero attached hydrogens (tertiary/aromatic N) is 6. The highest BCUT2D eigenvalue weighted by atomic mass is 15.4. The molecule has 6 nitrogen and oxygen atoms in total. The van der Waals surface area contributed by atoms with Crippen molar-refractivity contribution in [3.05, 3.63) is 17.8 Å². The van der Waals surface area contributed by atoms with Crippen LogP contribution in [0.15, 0.2) is 6.33 Å². The van der Waals surface area contributed by atoms with Crippen LogP contribution >= 0.6 is 0 Å². The van der Waals surface area contributed by atoms with Crippen LogP contribution in [0.4, 0.5) is 0 Å². The Labute approximate surface area is 80.2 Å². The molecule has 2 rings (SSSR count). The molecule has 0 aromatic carbocycles. The van der Waals surface area contributed by atoms with Crippen LogP contribution in [0.2, 0.25) is 0 Å². The average Bonchev–Trinajstić information content (AvgIpc) is 2.65. The molecule has 0 saturated carbocycles. The average molecular weight is 188 g/mol. The molecule has 0 radical (unpaired) electrons. The molecule has 0 unspecified atom stereocenters. The molecular formula is C8H8N6. The van der Waals surface area contributed by atoms with Crippen molar-refractivity contribution in [2.24, 2.45) is 0 Å². The lowest BCUT2D eigenvalue weighted by Crippen LogP contribution is -2.05. The highest BCUT2D eigenvalue weighted by Gasteiger charge is 2.07. The standard InChI is InChI=1S/C8H8N6/c1-2-6-8-12-10-5-14(8)13-7(11-6)3-4-9/h5H,2-3H2,1H3. The molecule has 0 aliphatic heterocycles. The van der Waals surface area contributed by atoms with Crippen molar-refractivity contribution in [1.29, 1.82) is 5.26 Å². The molecule has 6 heteroatoms. The van der Waals surface area contributed by atoms with Gasteiger partial charge in [0, 0.05) is 0 Å². The number of aromatic nitrogens is 5. The molecule has 0 N–H and O–H groups in total. The van der Waals surface area contributed by atoms with Gasteiger partial charge in [0.1, 0.15) is 6.33 Å². The molecule has 0 aliphatic carbocycles.